The van der Waals surface area contributed by atoms with Crippen LogP contribution in [0.4, 0.5) is 22.7 Å². The molecule has 3 aromatic rings. The maximum Gasteiger partial charge on any atom is 0.338 e. The fourth-order valence-electron chi connectivity index (χ4n) is 3.12. The van der Waals surface area contributed by atoms with Crippen LogP contribution < -0.4 is 16.0 Å². The molecule has 0 aliphatic heterocycles. The molecule has 0 aromatic heterocycles. The second-order valence-electron chi connectivity index (χ2n) is 7.21. The normalized spacial score (nSPS) is 10.6. The van der Waals surface area contributed by atoms with E-state index in [0.717, 1.165) is 11.4 Å². The fourth-order valence-corrected chi connectivity index (χ4v) is 3.24. The van der Waals surface area contributed by atoms with Crippen LogP contribution in [0.3, 0.4) is 0 Å². The van der Waals surface area contributed by atoms with Gasteiger partial charge in [0.05, 0.1) is 16.3 Å². The first kappa shape index (κ1) is 22.2. The maximum atomic E-state index is 12.2. The number of para-hydroxylation sites is 1. The number of carbonyl (C=O) groups is 2. The van der Waals surface area contributed by atoms with E-state index >= 15 is 0 Å². The third-order valence-electron chi connectivity index (χ3n) is 4.55. The number of nitrogen functional groups attached to an aromatic ring is 1. The predicted molar refractivity (Wildman–Crippen MR) is 125 cm³/mol. The number of hydrogen-bond acceptors (Lipinski definition) is 5. The summed E-state index contributed by atoms with van der Waals surface area (Å²) in [6, 6.07) is 22.2. The van der Waals surface area contributed by atoms with Gasteiger partial charge in [0.15, 0.2) is 6.61 Å². The Hall–Kier alpha value is -3.51. The minimum atomic E-state index is -0.649. The number of anilines is 4. The molecule has 0 aliphatic rings. The smallest absolute Gasteiger partial charge is 0.338 e. The van der Waals surface area contributed by atoms with Gasteiger partial charge in [-0.2, -0.15) is 0 Å². The largest absolute Gasteiger partial charge is 0.452 e. The molecule has 7 heteroatoms. The Kier molecular flexibility index (Phi) is 7.15. The van der Waals surface area contributed by atoms with E-state index in [1.165, 1.54) is 18.2 Å². The van der Waals surface area contributed by atoms with Crippen molar-refractivity contribution in [1.82, 2.24) is 0 Å². The summed E-state index contributed by atoms with van der Waals surface area (Å²) >= 11 is 5.84. The van der Waals surface area contributed by atoms with Crippen molar-refractivity contribution in [3.8, 4) is 0 Å². The van der Waals surface area contributed by atoms with Crippen LogP contribution in [0.5, 0.6) is 0 Å². The van der Waals surface area contributed by atoms with Crippen LogP contribution in [0.2, 0.25) is 5.02 Å². The van der Waals surface area contributed by atoms with E-state index in [0.29, 0.717) is 10.7 Å². The number of amides is 1. The average Bonchev–Trinajstić information content (AvgIpc) is 2.76. The lowest BCUT2D eigenvalue weighted by Gasteiger charge is -2.29. The van der Waals surface area contributed by atoms with Crippen LogP contribution in [-0.4, -0.2) is 24.5 Å². The standard InChI is InChI=1S/C24H24ClN3O3/c1-16(2)28(19-6-4-3-5-7-19)20-11-9-18(10-12-20)27-23(29)15-31-24(30)17-8-13-21(25)22(26)14-17/h3-14,16H,15,26H2,1-2H3,(H,27,29). The van der Waals surface area contributed by atoms with E-state index in [1.807, 2.05) is 42.5 Å². The predicted octanol–water partition coefficient (Wildman–Crippen LogP) is 5.26. The van der Waals surface area contributed by atoms with Gasteiger partial charge in [-0.3, -0.25) is 4.79 Å². The Morgan fingerprint density at radius 2 is 1.65 bits per heavy atom. The van der Waals surface area contributed by atoms with Crippen LogP contribution in [0.1, 0.15) is 24.2 Å². The summed E-state index contributed by atoms with van der Waals surface area (Å²) in [5.74, 6) is -1.09. The number of rotatable bonds is 7. The summed E-state index contributed by atoms with van der Waals surface area (Å²) in [4.78, 5) is 26.4. The highest BCUT2D eigenvalue weighted by molar-refractivity contribution is 6.33. The zero-order valence-corrected chi connectivity index (χ0v) is 18.1. The Balaban J connectivity index is 1.59. The Labute approximate surface area is 186 Å². The first-order valence-corrected chi connectivity index (χ1v) is 10.2. The highest BCUT2D eigenvalue weighted by atomic mass is 35.5. The Bertz CT molecular complexity index is 1050. The average molecular weight is 438 g/mol. The molecule has 0 heterocycles. The van der Waals surface area contributed by atoms with Crippen LogP contribution in [0.15, 0.2) is 72.8 Å². The molecule has 6 nitrogen and oxygen atoms in total. The van der Waals surface area contributed by atoms with E-state index in [2.05, 4.69) is 36.2 Å². The van der Waals surface area contributed by atoms with E-state index in [1.54, 1.807) is 0 Å². The molecule has 0 saturated carbocycles. The van der Waals surface area contributed by atoms with Crippen LogP contribution in [0.25, 0.3) is 0 Å². The molecule has 0 fully saturated rings. The number of ether oxygens (including phenoxy) is 1. The number of hydrogen-bond donors (Lipinski definition) is 2. The SMILES string of the molecule is CC(C)N(c1ccccc1)c1ccc(NC(=O)COC(=O)c2ccc(Cl)c(N)c2)cc1. The zero-order chi connectivity index (χ0) is 22.4. The molecule has 31 heavy (non-hydrogen) atoms. The molecule has 0 saturated heterocycles. The van der Waals surface area contributed by atoms with E-state index in [-0.39, 0.29) is 17.3 Å². The number of carbonyl (C=O) groups excluding carboxylic acids is 2. The molecular weight excluding hydrogens is 414 g/mol. The highest BCUT2D eigenvalue weighted by Gasteiger charge is 2.14. The number of nitrogens with two attached hydrogens (primary N) is 1. The van der Waals surface area contributed by atoms with Gasteiger partial charge < -0.3 is 20.7 Å². The van der Waals surface area contributed by atoms with Crippen molar-refractivity contribution in [2.45, 2.75) is 19.9 Å². The molecule has 0 unspecified atom stereocenters. The second kappa shape index (κ2) is 10.00. The summed E-state index contributed by atoms with van der Waals surface area (Å²) in [6.45, 7) is 3.82. The number of nitrogens with one attached hydrogen (secondary N) is 1. The van der Waals surface area contributed by atoms with E-state index < -0.39 is 18.5 Å². The van der Waals surface area contributed by atoms with Crippen molar-refractivity contribution in [1.29, 1.82) is 0 Å². The summed E-state index contributed by atoms with van der Waals surface area (Å²) < 4.78 is 5.05. The fraction of sp³-hybridized carbons (Fsp3) is 0.167. The third-order valence-corrected chi connectivity index (χ3v) is 4.89. The van der Waals surface area contributed by atoms with Gasteiger partial charge in [0, 0.05) is 23.1 Å². The Morgan fingerprint density at radius 1 is 1.00 bits per heavy atom. The van der Waals surface area contributed by atoms with Crippen LogP contribution >= 0.6 is 11.6 Å². The van der Waals surface area contributed by atoms with Gasteiger partial charge in [0.2, 0.25) is 0 Å². The number of esters is 1. The summed E-state index contributed by atoms with van der Waals surface area (Å²) in [7, 11) is 0. The number of halogens is 1. The molecular formula is C24H24ClN3O3. The number of nitrogens with zero attached hydrogens (tertiary/aromatic N) is 1. The van der Waals surface area contributed by atoms with Crippen LogP contribution in [0, 0.1) is 0 Å². The van der Waals surface area contributed by atoms with Gasteiger partial charge in [-0.25, -0.2) is 4.79 Å². The molecule has 3 rings (SSSR count). The molecule has 3 N–H and O–H groups in total. The first-order valence-electron chi connectivity index (χ1n) is 9.81. The van der Waals surface area contributed by atoms with Crippen molar-refractivity contribution >= 4 is 46.2 Å². The van der Waals surface area contributed by atoms with Gasteiger partial charge in [0.1, 0.15) is 0 Å². The van der Waals surface area contributed by atoms with Crippen molar-refractivity contribution in [3.05, 3.63) is 83.4 Å². The lowest BCUT2D eigenvalue weighted by Crippen LogP contribution is -2.25. The van der Waals surface area contributed by atoms with Crippen LogP contribution in [-0.2, 0) is 9.53 Å². The van der Waals surface area contributed by atoms with Gasteiger partial charge >= 0.3 is 5.97 Å². The van der Waals surface area contributed by atoms with Crippen molar-refractivity contribution in [2.24, 2.45) is 0 Å². The van der Waals surface area contributed by atoms with E-state index in [9.17, 15) is 9.59 Å². The van der Waals surface area contributed by atoms with Gasteiger partial charge in [-0.1, -0.05) is 29.8 Å². The van der Waals surface area contributed by atoms with Crippen molar-refractivity contribution in [3.63, 3.8) is 0 Å². The minimum absolute atomic E-state index is 0.230. The molecule has 0 atom stereocenters. The van der Waals surface area contributed by atoms with Crippen molar-refractivity contribution < 1.29 is 14.3 Å². The van der Waals surface area contributed by atoms with Crippen molar-refractivity contribution in [2.75, 3.05) is 22.6 Å². The quantitative estimate of drug-likeness (QED) is 0.389. The third kappa shape index (κ3) is 5.77. The zero-order valence-electron chi connectivity index (χ0n) is 17.3. The summed E-state index contributed by atoms with van der Waals surface area (Å²) in [5, 5.41) is 3.07. The topological polar surface area (TPSA) is 84.7 Å². The summed E-state index contributed by atoms with van der Waals surface area (Å²) in [5.41, 5.74) is 8.88. The first-order chi connectivity index (χ1) is 14.8. The molecule has 160 valence electrons. The van der Waals surface area contributed by atoms with E-state index in [4.69, 9.17) is 22.1 Å². The molecule has 1 amide bonds. The number of benzene rings is 3. The highest BCUT2D eigenvalue weighted by Crippen LogP contribution is 2.28. The lowest BCUT2D eigenvalue weighted by atomic mass is 10.2. The molecule has 0 bridgehead atoms. The molecule has 0 spiro atoms. The molecule has 3 aromatic carbocycles. The molecule has 0 aliphatic carbocycles. The second-order valence-corrected chi connectivity index (χ2v) is 7.61. The Morgan fingerprint density at radius 3 is 2.26 bits per heavy atom. The van der Waals surface area contributed by atoms with Gasteiger partial charge in [-0.05, 0) is 68.4 Å². The monoisotopic (exact) mass is 437 g/mol. The minimum Gasteiger partial charge on any atom is -0.452 e. The summed E-state index contributed by atoms with van der Waals surface area (Å²) in [6.07, 6.45) is 0. The molecule has 0 radical (unpaired) electrons. The van der Waals surface area contributed by atoms with Gasteiger partial charge in [0.25, 0.3) is 5.91 Å². The maximum absolute atomic E-state index is 12.2. The lowest BCUT2D eigenvalue weighted by molar-refractivity contribution is -0.119. The van der Waals surface area contributed by atoms with Gasteiger partial charge in [-0.15, -0.1) is 0 Å².